The summed E-state index contributed by atoms with van der Waals surface area (Å²) in [7, 11) is 0. The van der Waals surface area contributed by atoms with Gasteiger partial charge in [0.1, 0.15) is 0 Å². The summed E-state index contributed by atoms with van der Waals surface area (Å²) in [6.45, 7) is 5.76. The van der Waals surface area contributed by atoms with E-state index in [0.717, 1.165) is 26.1 Å². The van der Waals surface area contributed by atoms with E-state index in [2.05, 4.69) is 13.3 Å². The Labute approximate surface area is 52.0 Å². The van der Waals surface area contributed by atoms with E-state index in [0.29, 0.717) is 0 Å². The summed E-state index contributed by atoms with van der Waals surface area (Å²) in [5.41, 5.74) is 0. The van der Waals surface area contributed by atoms with Gasteiger partial charge in [0.05, 0.1) is 0 Å². The molecule has 0 aromatic rings. The Morgan fingerprint density at radius 1 is 1.38 bits per heavy atom. The van der Waals surface area contributed by atoms with Crippen molar-refractivity contribution in [1.29, 1.82) is 0 Å². The molecule has 0 N–H and O–H groups in total. The Bertz CT molecular complexity index is 29.4. The molecule has 48 valence electrons. The van der Waals surface area contributed by atoms with Crippen molar-refractivity contribution in [3.8, 4) is 0 Å². The maximum absolute atomic E-state index is 5.07. The van der Waals surface area contributed by atoms with Crippen LogP contribution in [0.5, 0.6) is 0 Å². The fraction of sp³-hybridized carbons (Fsp3) is 0.857. The summed E-state index contributed by atoms with van der Waals surface area (Å²) >= 11 is 0. The van der Waals surface area contributed by atoms with Crippen molar-refractivity contribution in [2.24, 2.45) is 0 Å². The van der Waals surface area contributed by atoms with Gasteiger partial charge >= 0.3 is 0 Å². The number of unbranched alkanes of at least 4 members (excludes halogenated alkanes) is 2. The van der Waals surface area contributed by atoms with Crippen LogP contribution in [0.2, 0.25) is 0 Å². The highest BCUT2D eigenvalue weighted by Crippen LogP contribution is 1.91. The zero-order valence-corrected chi connectivity index (χ0v) is 5.74. The zero-order valence-electron chi connectivity index (χ0n) is 5.74. The quantitative estimate of drug-likeness (QED) is 0.496. The Hall–Kier alpha value is -0.0400. The summed E-state index contributed by atoms with van der Waals surface area (Å²) in [4.78, 5) is 0. The van der Waals surface area contributed by atoms with Crippen LogP contribution >= 0.6 is 0 Å². The van der Waals surface area contributed by atoms with Gasteiger partial charge in [-0.05, 0) is 26.2 Å². The van der Waals surface area contributed by atoms with Crippen LogP contribution in [0.3, 0.4) is 0 Å². The van der Waals surface area contributed by atoms with Crippen molar-refractivity contribution in [1.82, 2.24) is 0 Å². The second-order valence-electron chi connectivity index (χ2n) is 1.55. The van der Waals surface area contributed by atoms with Crippen LogP contribution < -0.4 is 0 Å². The zero-order chi connectivity index (χ0) is 6.24. The van der Waals surface area contributed by atoms with E-state index in [9.17, 15) is 0 Å². The maximum atomic E-state index is 5.07. The van der Waals surface area contributed by atoms with Gasteiger partial charge in [0.15, 0.2) is 0 Å². The maximum Gasteiger partial charge on any atom is 0.0471 e. The predicted molar refractivity (Wildman–Crippen MR) is 34.6 cm³/mol. The molecular weight excluding hydrogens is 100 g/mol. The molecule has 8 heavy (non-hydrogen) atoms. The van der Waals surface area contributed by atoms with Gasteiger partial charge in [-0.2, -0.15) is 0 Å². The molecule has 2 radical (unpaired) electrons. The number of rotatable bonds is 5. The van der Waals surface area contributed by atoms with Gasteiger partial charge in [0, 0.05) is 13.2 Å². The van der Waals surface area contributed by atoms with E-state index in [1.54, 1.807) is 0 Å². The summed E-state index contributed by atoms with van der Waals surface area (Å²) in [5.74, 6) is 0. The molecule has 0 saturated carbocycles. The van der Waals surface area contributed by atoms with Crippen LogP contribution in [0.4, 0.5) is 0 Å². The van der Waals surface area contributed by atoms with Crippen LogP contribution in [-0.4, -0.2) is 13.2 Å². The lowest BCUT2D eigenvalue weighted by Gasteiger charge is -1.96. The molecule has 0 rings (SSSR count). The highest BCUT2D eigenvalue weighted by atomic mass is 16.5. The molecule has 0 aliphatic heterocycles. The lowest BCUT2D eigenvalue weighted by Crippen LogP contribution is -1.92. The van der Waals surface area contributed by atoms with Crippen LogP contribution in [0.1, 0.15) is 26.7 Å². The standard InChI is InChI=1S/C7H14O/c1-3-5-6-7-8-4-2/h3-4,6-7H2,1-2H3. The minimum Gasteiger partial charge on any atom is -0.382 e. The number of hydrogen-bond acceptors (Lipinski definition) is 1. The smallest absolute Gasteiger partial charge is 0.0471 e. The second-order valence-corrected chi connectivity index (χ2v) is 1.55. The molecule has 0 unspecified atom stereocenters. The first kappa shape index (κ1) is 7.96. The first-order valence-corrected chi connectivity index (χ1v) is 3.20. The number of hydrogen-bond donors (Lipinski definition) is 0. The minimum absolute atomic E-state index is 0.825. The Kier molecular flexibility index (Phi) is 6.93. The van der Waals surface area contributed by atoms with E-state index >= 15 is 0 Å². The van der Waals surface area contributed by atoms with Gasteiger partial charge in [0.2, 0.25) is 0 Å². The van der Waals surface area contributed by atoms with Gasteiger partial charge in [0.25, 0.3) is 0 Å². The predicted octanol–water partition coefficient (Wildman–Crippen LogP) is 1.90. The van der Waals surface area contributed by atoms with E-state index in [1.807, 2.05) is 6.92 Å². The molecule has 0 fully saturated rings. The summed E-state index contributed by atoms with van der Waals surface area (Å²) < 4.78 is 5.07. The molecule has 0 heterocycles. The Balaban J connectivity index is 2.53. The van der Waals surface area contributed by atoms with E-state index in [-0.39, 0.29) is 0 Å². The molecule has 0 bridgehead atoms. The molecule has 0 atom stereocenters. The first-order chi connectivity index (χ1) is 3.91. The van der Waals surface area contributed by atoms with Crippen LogP contribution in [-0.2, 0) is 4.74 Å². The van der Waals surface area contributed by atoms with Crippen molar-refractivity contribution in [3.05, 3.63) is 6.42 Å². The number of ether oxygens (including phenoxy) is 1. The molecule has 0 aromatic carbocycles. The van der Waals surface area contributed by atoms with E-state index in [1.165, 1.54) is 0 Å². The third-order valence-electron chi connectivity index (χ3n) is 0.877. The molecule has 0 aromatic heterocycles. The average Bonchev–Trinajstić information content (AvgIpc) is 1.81. The summed E-state index contributed by atoms with van der Waals surface area (Å²) in [6.07, 6.45) is 5.17. The molecule has 0 aliphatic carbocycles. The fourth-order valence-electron chi connectivity index (χ4n) is 0.465. The van der Waals surface area contributed by atoms with Crippen LogP contribution in [0.25, 0.3) is 0 Å². The Morgan fingerprint density at radius 3 is 2.62 bits per heavy atom. The lowest BCUT2D eigenvalue weighted by atomic mass is 10.3. The molecular formula is C7H14O. The Morgan fingerprint density at radius 2 is 2.12 bits per heavy atom. The SMILES string of the molecule is CC[C]CCOCC. The first-order valence-electron chi connectivity index (χ1n) is 3.20. The fourth-order valence-corrected chi connectivity index (χ4v) is 0.465. The van der Waals surface area contributed by atoms with E-state index < -0.39 is 0 Å². The van der Waals surface area contributed by atoms with Crippen molar-refractivity contribution < 1.29 is 4.74 Å². The average molecular weight is 114 g/mol. The summed E-state index contributed by atoms with van der Waals surface area (Å²) in [6, 6.07) is 0. The largest absolute Gasteiger partial charge is 0.382 e. The summed E-state index contributed by atoms with van der Waals surface area (Å²) in [5, 5.41) is 0. The lowest BCUT2D eigenvalue weighted by molar-refractivity contribution is 0.150. The van der Waals surface area contributed by atoms with Crippen LogP contribution in [0, 0.1) is 6.42 Å². The highest BCUT2D eigenvalue weighted by molar-refractivity contribution is 4.59. The van der Waals surface area contributed by atoms with Gasteiger partial charge in [-0.1, -0.05) is 6.92 Å². The molecule has 1 nitrogen and oxygen atoms in total. The van der Waals surface area contributed by atoms with Crippen molar-refractivity contribution in [3.63, 3.8) is 0 Å². The molecule has 1 heteroatoms. The molecule has 0 aliphatic rings. The highest BCUT2D eigenvalue weighted by Gasteiger charge is 1.83. The van der Waals surface area contributed by atoms with E-state index in [4.69, 9.17) is 4.74 Å². The normalized spacial score (nSPS) is 9.75. The second kappa shape index (κ2) is 6.96. The third-order valence-corrected chi connectivity index (χ3v) is 0.877. The van der Waals surface area contributed by atoms with Gasteiger partial charge in [-0.15, -0.1) is 0 Å². The molecule has 0 saturated heterocycles. The topological polar surface area (TPSA) is 9.23 Å². The van der Waals surface area contributed by atoms with Gasteiger partial charge < -0.3 is 4.74 Å². The monoisotopic (exact) mass is 114 g/mol. The van der Waals surface area contributed by atoms with Crippen molar-refractivity contribution in [2.75, 3.05) is 13.2 Å². The molecule has 0 spiro atoms. The third kappa shape index (κ3) is 5.96. The van der Waals surface area contributed by atoms with Gasteiger partial charge in [-0.25, -0.2) is 0 Å². The van der Waals surface area contributed by atoms with Crippen LogP contribution in [0.15, 0.2) is 0 Å². The van der Waals surface area contributed by atoms with Crippen molar-refractivity contribution in [2.45, 2.75) is 26.7 Å². The van der Waals surface area contributed by atoms with Crippen molar-refractivity contribution >= 4 is 0 Å². The van der Waals surface area contributed by atoms with Gasteiger partial charge in [-0.3, -0.25) is 0 Å². The molecule has 0 amide bonds. The minimum atomic E-state index is 0.825.